The fraction of sp³-hybridized carbons (Fsp3) is 1.00. The maximum atomic E-state index is 5.63. The second kappa shape index (κ2) is 5.69. The van der Waals surface area contributed by atoms with Crippen molar-refractivity contribution in [2.24, 2.45) is 11.7 Å². The molecule has 1 fully saturated rings. The highest BCUT2D eigenvalue weighted by atomic mass is 15.3. The molecule has 3 heteroatoms. The lowest BCUT2D eigenvalue weighted by molar-refractivity contribution is 0.0552. The first-order valence-electron chi connectivity index (χ1n) is 5.85. The van der Waals surface area contributed by atoms with Crippen molar-refractivity contribution in [3.63, 3.8) is 0 Å². The molecule has 2 N–H and O–H groups in total. The SMILES string of the molecule is CCN1CCN(CCN)C(C(C)C)C1. The van der Waals surface area contributed by atoms with Crippen LogP contribution in [0.25, 0.3) is 0 Å². The highest BCUT2D eigenvalue weighted by molar-refractivity contribution is 4.83. The Morgan fingerprint density at radius 1 is 1.36 bits per heavy atom. The number of rotatable bonds is 4. The van der Waals surface area contributed by atoms with E-state index >= 15 is 0 Å². The van der Waals surface area contributed by atoms with Crippen LogP contribution in [0.15, 0.2) is 0 Å². The Kier molecular flexibility index (Phi) is 4.85. The van der Waals surface area contributed by atoms with Crippen LogP contribution in [0.5, 0.6) is 0 Å². The number of likely N-dealkylation sites (N-methyl/N-ethyl adjacent to an activating group) is 1. The number of nitrogens with zero attached hydrogens (tertiary/aromatic N) is 2. The molecular weight excluding hydrogens is 174 g/mol. The molecule has 3 nitrogen and oxygen atoms in total. The Morgan fingerprint density at radius 3 is 2.57 bits per heavy atom. The Morgan fingerprint density at radius 2 is 2.07 bits per heavy atom. The quantitative estimate of drug-likeness (QED) is 0.720. The fourth-order valence-electron chi connectivity index (χ4n) is 2.27. The van der Waals surface area contributed by atoms with Gasteiger partial charge in [0.25, 0.3) is 0 Å². The number of nitrogens with two attached hydrogens (primary N) is 1. The number of hydrogen-bond acceptors (Lipinski definition) is 3. The van der Waals surface area contributed by atoms with E-state index in [0.29, 0.717) is 6.04 Å². The van der Waals surface area contributed by atoms with Crippen LogP contribution < -0.4 is 5.73 Å². The van der Waals surface area contributed by atoms with Gasteiger partial charge in [-0.1, -0.05) is 20.8 Å². The van der Waals surface area contributed by atoms with Crippen LogP contribution in [0.4, 0.5) is 0 Å². The highest BCUT2D eigenvalue weighted by Crippen LogP contribution is 2.16. The summed E-state index contributed by atoms with van der Waals surface area (Å²) in [4.78, 5) is 5.09. The third-order valence-electron chi connectivity index (χ3n) is 3.25. The first-order chi connectivity index (χ1) is 6.69. The van der Waals surface area contributed by atoms with Crippen molar-refractivity contribution in [1.82, 2.24) is 9.80 Å². The fourth-order valence-corrected chi connectivity index (χ4v) is 2.27. The van der Waals surface area contributed by atoms with Gasteiger partial charge in [0.1, 0.15) is 0 Å². The zero-order chi connectivity index (χ0) is 10.6. The van der Waals surface area contributed by atoms with Crippen LogP contribution in [-0.4, -0.2) is 55.1 Å². The third kappa shape index (κ3) is 2.94. The average molecular weight is 199 g/mol. The lowest BCUT2D eigenvalue weighted by Crippen LogP contribution is -2.56. The molecule has 1 heterocycles. The molecule has 0 aromatic rings. The van der Waals surface area contributed by atoms with Gasteiger partial charge in [-0.05, 0) is 12.5 Å². The molecule has 1 saturated heterocycles. The number of hydrogen-bond donors (Lipinski definition) is 1. The third-order valence-corrected chi connectivity index (χ3v) is 3.25. The molecule has 0 bridgehead atoms. The normalized spacial score (nSPS) is 25.9. The van der Waals surface area contributed by atoms with Crippen LogP contribution in [0.1, 0.15) is 20.8 Å². The Bertz CT molecular complexity index is 159. The van der Waals surface area contributed by atoms with Crippen molar-refractivity contribution in [3.05, 3.63) is 0 Å². The Hall–Kier alpha value is -0.120. The molecule has 0 radical (unpaired) electrons. The summed E-state index contributed by atoms with van der Waals surface area (Å²) < 4.78 is 0. The van der Waals surface area contributed by atoms with Gasteiger partial charge in [0.15, 0.2) is 0 Å². The standard InChI is InChI=1S/C11H25N3/c1-4-13-7-8-14(6-5-12)11(9-13)10(2)3/h10-11H,4-9,12H2,1-3H3. The van der Waals surface area contributed by atoms with Gasteiger partial charge in [-0.25, -0.2) is 0 Å². The van der Waals surface area contributed by atoms with E-state index in [4.69, 9.17) is 5.73 Å². The molecule has 1 aliphatic heterocycles. The zero-order valence-corrected chi connectivity index (χ0v) is 9.87. The van der Waals surface area contributed by atoms with Crippen molar-refractivity contribution in [2.45, 2.75) is 26.8 Å². The first-order valence-corrected chi connectivity index (χ1v) is 5.85. The predicted molar refractivity (Wildman–Crippen MR) is 61.4 cm³/mol. The van der Waals surface area contributed by atoms with Gasteiger partial charge in [-0.2, -0.15) is 0 Å². The zero-order valence-electron chi connectivity index (χ0n) is 9.87. The van der Waals surface area contributed by atoms with E-state index in [-0.39, 0.29) is 0 Å². The maximum absolute atomic E-state index is 5.63. The van der Waals surface area contributed by atoms with E-state index in [1.54, 1.807) is 0 Å². The van der Waals surface area contributed by atoms with E-state index in [9.17, 15) is 0 Å². The van der Waals surface area contributed by atoms with Crippen molar-refractivity contribution in [3.8, 4) is 0 Å². The molecular formula is C11H25N3. The summed E-state index contributed by atoms with van der Waals surface area (Å²) in [6, 6.07) is 0.701. The van der Waals surface area contributed by atoms with E-state index in [2.05, 4.69) is 30.6 Å². The molecule has 0 aromatic carbocycles. The molecule has 1 atom stereocenters. The second-order valence-electron chi connectivity index (χ2n) is 4.53. The minimum atomic E-state index is 0.701. The van der Waals surface area contributed by atoms with E-state index in [0.717, 1.165) is 19.0 Å². The van der Waals surface area contributed by atoms with E-state index in [1.807, 2.05) is 0 Å². The molecule has 84 valence electrons. The number of piperazine rings is 1. The predicted octanol–water partition coefficient (Wildman–Crippen LogP) is 0.607. The summed E-state index contributed by atoms with van der Waals surface area (Å²) in [5.41, 5.74) is 5.63. The lowest BCUT2D eigenvalue weighted by atomic mass is 9.99. The minimum Gasteiger partial charge on any atom is -0.329 e. The minimum absolute atomic E-state index is 0.701. The maximum Gasteiger partial charge on any atom is 0.0247 e. The van der Waals surface area contributed by atoms with Gasteiger partial charge >= 0.3 is 0 Å². The van der Waals surface area contributed by atoms with Crippen LogP contribution in [0, 0.1) is 5.92 Å². The smallest absolute Gasteiger partial charge is 0.0247 e. The molecule has 0 amide bonds. The summed E-state index contributed by atoms with van der Waals surface area (Å²) in [6.45, 7) is 13.5. The van der Waals surface area contributed by atoms with Gasteiger partial charge in [0.05, 0.1) is 0 Å². The van der Waals surface area contributed by atoms with Gasteiger partial charge in [0, 0.05) is 38.8 Å². The molecule has 1 rings (SSSR count). The van der Waals surface area contributed by atoms with Crippen LogP contribution >= 0.6 is 0 Å². The molecule has 1 aliphatic rings. The van der Waals surface area contributed by atoms with Crippen LogP contribution in [-0.2, 0) is 0 Å². The van der Waals surface area contributed by atoms with E-state index < -0.39 is 0 Å². The average Bonchev–Trinajstić information content (AvgIpc) is 2.18. The summed E-state index contributed by atoms with van der Waals surface area (Å²) in [6.07, 6.45) is 0. The molecule has 0 saturated carbocycles. The van der Waals surface area contributed by atoms with E-state index in [1.165, 1.54) is 26.2 Å². The summed E-state index contributed by atoms with van der Waals surface area (Å²) in [5, 5.41) is 0. The van der Waals surface area contributed by atoms with Gasteiger partial charge in [0.2, 0.25) is 0 Å². The second-order valence-corrected chi connectivity index (χ2v) is 4.53. The molecule has 0 aliphatic carbocycles. The van der Waals surface area contributed by atoms with Gasteiger partial charge < -0.3 is 10.6 Å². The van der Waals surface area contributed by atoms with Crippen molar-refractivity contribution < 1.29 is 0 Å². The van der Waals surface area contributed by atoms with Gasteiger partial charge in [-0.15, -0.1) is 0 Å². The van der Waals surface area contributed by atoms with Crippen LogP contribution in [0.2, 0.25) is 0 Å². The molecule has 0 spiro atoms. The van der Waals surface area contributed by atoms with Crippen molar-refractivity contribution in [1.29, 1.82) is 0 Å². The molecule has 0 aromatic heterocycles. The summed E-state index contributed by atoms with van der Waals surface area (Å²) in [7, 11) is 0. The van der Waals surface area contributed by atoms with Gasteiger partial charge in [-0.3, -0.25) is 4.90 Å². The molecule has 14 heavy (non-hydrogen) atoms. The largest absolute Gasteiger partial charge is 0.329 e. The van der Waals surface area contributed by atoms with Crippen LogP contribution in [0.3, 0.4) is 0 Å². The Labute approximate surface area is 88.2 Å². The summed E-state index contributed by atoms with van der Waals surface area (Å²) in [5.74, 6) is 0.732. The molecule has 1 unspecified atom stereocenters. The first kappa shape index (κ1) is 12.0. The highest BCUT2D eigenvalue weighted by Gasteiger charge is 2.27. The summed E-state index contributed by atoms with van der Waals surface area (Å²) >= 11 is 0. The monoisotopic (exact) mass is 199 g/mol. The Balaban J connectivity index is 2.51. The van der Waals surface area contributed by atoms with Crippen molar-refractivity contribution in [2.75, 3.05) is 39.3 Å². The lowest BCUT2D eigenvalue weighted by Gasteiger charge is -2.43. The van der Waals surface area contributed by atoms with Crippen molar-refractivity contribution >= 4 is 0 Å². The topological polar surface area (TPSA) is 32.5 Å².